The van der Waals surface area contributed by atoms with Crippen LogP contribution in [0.4, 0.5) is 0 Å². The van der Waals surface area contributed by atoms with Crippen molar-refractivity contribution in [2.24, 2.45) is 5.73 Å². The van der Waals surface area contributed by atoms with Crippen LogP contribution in [0.1, 0.15) is 5.56 Å². The van der Waals surface area contributed by atoms with Crippen LogP contribution in [0.2, 0.25) is 0 Å². The zero-order valence-electron chi connectivity index (χ0n) is 9.95. The summed E-state index contributed by atoms with van der Waals surface area (Å²) in [7, 11) is 0. The van der Waals surface area contributed by atoms with E-state index in [4.69, 9.17) is 5.73 Å². The number of nitrogens with zero attached hydrogens (tertiary/aromatic N) is 1. The lowest BCUT2D eigenvalue weighted by molar-refractivity contribution is 1.07. The fraction of sp³-hybridized carbons (Fsp3) is 0.0714. The van der Waals surface area contributed by atoms with Gasteiger partial charge in [0.15, 0.2) is 0 Å². The van der Waals surface area contributed by atoms with Crippen molar-refractivity contribution in [3.63, 3.8) is 0 Å². The first-order chi connectivity index (χ1) is 9.17. The highest BCUT2D eigenvalue weighted by Crippen LogP contribution is 2.30. The fourth-order valence-corrected chi connectivity index (χ4v) is 2.79. The summed E-state index contributed by atoms with van der Waals surface area (Å²) in [6.07, 6.45) is 0. The molecule has 0 aliphatic heterocycles. The molecule has 0 bridgehead atoms. The molecule has 2 aromatic carbocycles. The highest BCUT2D eigenvalue weighted by molar-refractivity contribution is 9.11. The Kier molecular flexibility index (Phi) is 3.43. The summed E-state index contributed by atoms with van der Waals surface area (Å²) >= 11 is 7.03. The van der Waals surface area contributed by atoms with Crippen LogP contribution in [0.15, 0.2) is 45.3 Å². The molecule has 0 saturated carbocycles. The third kappa shape index (κ3) is 2.45. The van der Waals surface area contributed by atoms with Gasteiger partial charge in [-0.2, -0.15) is 0 Å². The van der Waals surface area contributed by atoms with Gasteiger partial charge in [-0.25, -0.2) is 4.98 Å². The maximum atomic E-state index is 5.65. The lowest BCUT2D eigenvalue weighted by Crippen LogP contribution is -1.95. The van der Waals surface area contributed by atoms with Gasteiger partial charge in [0.05, 0.1) is 11.0 Å². The monoisotopic (exact) mass is 379 g/mol. The molecule has 0 aliphatic carbocycles. The van der Waals surface area contributed by atoms with E-state index in [9.17, 15) is 0 Å². The number of halogens is 2. The van der Waals surface area contributed by atoms with E-state index >= 15 is 0 Å². The fourth-order valence-electron chi connectivity index (χ4n) is 1.99. The van der Waals surface area contributed by atoms with Crippen LogP contribution in [0, 0.1) is 0 Å². The Balaban J connectivity index is 2.17. The number of hydrogen-bond donors (Lipinski definition) is 2. The van der Waals surface area contributed by atoms with Crippen molar-refractivity contribution in [2.45, 2.75) is 6.54 Å². The Bertz CT molecular complexity index is 750. The van der Waals surface area contributed by atoms with Gasteiger partial charge >= 0.3 is 0 Å². The smallest absolute Gasteiger partial charge is 0.139 e. The molecule has 1 heterocycles. The van der Waals surface area contributed by atoms with Gasteiger partial charge in [0.25, 0.3) is 0 Å². The summed E-state index contributed by atoms with van der Waals surface area (Å²) < 4.78 is 2.03. The molecule has 0 radical (unpaired) electrons. The third-order valence-corrected chi connectivity index (χ3v) is 4.15. The number of benzene rings is 2. The minimum absolute atomic E-state index is 0.533. The van der Waals surface area contributed by atoms with Gasteiger partial charge in [0, 0.05) is 21.1 Å². The average Bonchev–Trinajstić information content (AvgIpc) is 2.83. The SMILES string of the molecule is NCc1ccc2nc(-c3cc(Br)ccc3Br)[nH]c2c1. The minimum atomic E-state index is 0.533. The van der Waals surface area contributed by atoms with Crippen LogP contribution in [0.5, 0.6) is 0 Å². The van der Waals surface area contributed by atoms with Crippen molar-refractivity contribution < 1.29 is 0 Å². The Morgan fingerprint density at radius 3 is 2.74 bits per heavy atom. The normalized spacial score (nSPS) is 11.1. The maximum absolute atomic E-state index is 5.65. The summed E-state index contributed by atoms with van der Waals surface area (Å²) in [5.41, 5.74) is 9.72. The Morgan fingerprint density at radius 2 is 1.95 bits per heavy atom. The predicted octanol–water partition coefficient (Wildman–Crippen LogP) is 4.21. The number of H-pyrrole nitrogens is 1. The number of fused-ring (bicyclic) bond motifs is 1. The first-order valence-corrected chi connectivity index (χ1v) is 7.40. The van der Waals surface area contributed by atoms with Crippen LogP contribution >= 0.6 is 31.9 Å². The molecule has 3 nitrogen and oxygen atoms in total. The molecule has 1 aromatic heterocycles. The Morgan fingerprint density at radius 1 is 1.11 bits per heavy atom. The van der Waals surface area contributed by atoms with E-state index in [1.807, 2.05) is 36.4 Å². The highest BCUT2D eigenvalue weighted by atomic mass is 79.9. The second kappa shape index (κ2) is 5.07. The zero-order chi connectivity index (χ0) is 13.4. The molecular formula is C14H11Br2N3. The number of rotatable bonds is 2. The largest absolute Gasteiger partial charge is 0.338 e. The first kappa shape index (κ1) is 12.8. The number of nitrogens with one attached hydrogen (secondary N) is 1. The second-order valence-electron chi connectivity index (χ2n) is 4.27. The van der Waals surface area contributed by atoms with Crippen molar-refractivity contribution in [3.8, 4) is 11.4 Å². The summed E-state index contributed by atoms with van der Waals surface area (Å²) in [4.78, 5) is 7.95. The molecule has 3 rings (SSSR count). The first-order valence-electron chi connectivity index (χ1n) is 5.81. The van der Waals surface area contributed by atoms with E-state index in [0.29, 0.717) is 6.54 Å². The maximum Gasteiger partial charge on any atom is 0.139 e. The molecule has 0 spiro atoms. The Labute approximate surface area is 127 Å². The van der Waals surface area contributed by atoms with Crippen molar-refractivity contribution in [1.29, 1.82) is 0 Å². The summed E-state index contributed by atoms with van der Waals surface area (Å²) in [5, 5.41) is 0. The van der Waals surface area contributed by atoms with Crippen molar-refractivity contribution in [1.82, 2.24) is 9.97 Å². The van der Waals surface area contributed by atoms with E-state index < -0.39 is 0 Å². The number of nitrogens with two attached hydrogens (primary N) is 1. The van der Waals surface area contributed by atoms with Crippen LogP contribution in [-0.4, -0.2) is 9.97 Å². The molecule has 0 amide bonds. The average molecular weight is 381 g/mol. The molecule has 19 heavy (non-hydrogen) atoms. The summed E-state index contributed by atoms with van der Waals surface area (Å²) in [5.74, 6) is 0.845. The number of aromatic nitrogens is 2. The van der Waals surface area contributed by atoms with E-state index in [1.165, 1.54) is 0 Å². The predicted molar refractivity (Wildman–Crippen MR) is 84.8 cm³/mol. The van der Waals surface area contributed by atoms with Gasteiger partial charge < -0.3 is 10.7 Å². The van der Waals surface area contributed by atoms with Crippen molar-refractivity contribution in [3.05, 3.63) is 50.9 Å². The number of imidazole rings is 1. The van der Waals surface area contributed by atoms with Gasteiger partial charge in [-0.15, -0.1) is 0 Å². The van der Waals surface area contributed by atoms with Crippen LogP contribution in [0.3, 0.4) is 0 Å². The molecule has 0 unspecified atom stereocenters. The molecular weight excluding hydrogens is 370 g/mol. The molecule has 5 heteroatoms. The standard InChI is InChI=1S/C14H11Br2N3/c15-9-2-3-11(16)10(6-9)14-18-12-4-1-8(7-17)5-13(12)19-14/h1-6H,7,17H2,(H,18,19). The van der Waals surface area contributed by atoms with Crippen molar-refractivity contribution >= 4 is 42.9 Å². The molecule has 3 aromatic rings. The quantitative estimate of drug-likeness (QED) is 0.699. The van der Waals surface area contributed by atoms with Crippen LogP contribution in [0.25, 0.3) is 22.4 Å². The third-order valence-electron chi connectivity index (χ3n) is 2.97. The van der Waals surface area contributed by atoms with E-state index in [1.54, 1.807) is 0 Å². The van der Waals surface area contributed by atoms with Crippen LogP contribution in [-0.2, 0) is 6.54 Å². The highest BCUT2D eigenvalue weighted by Gasteiger charge is 2.09. The molecule has 0 saturated heterocycles. The molecule has 0 aliphatic rings. The molecule has 0 fully saturated rings. The van der Waals surface area contributed by atoms with Gasteiger partial charge in [0.2, 0.25) is 0 Å². The topological polar surface area (TPSA) is 54.7 Å². The van der Waals surface area contributed by atoms with Gasteiger partial charge in [-0.05, 0) is 35.9 Å². The van der Waals surface area contributed by atoms with E-state index in [-0.39, 0.29) is 0 Å². The van der Waals surface area contributed by atoms with Gasteiger partial charge in [-0.3, -0.25) is 0 Å². The van der Waals surface area contributed by atoms with E-state index in [0.717, 1.165) is 36.9 Å². The molecule has 3 N–H and O–H groups in total. The second-order valence-corrected chi connectivity index (χ2v) is 6.04. The summed E-state index contributed by atoms with van der Waals surface area (Å²) in [6, 6.07) is 12.1. The van der Waals surface area contributed by atoms with Crippen molar-refractivity contribution in [2.75, 3.05) is 0 Å². The van der Waals surface area contributed by atoms with Gasteiger partial charge in [-0.1, -0.05) is 37.9 Å². The van der Waals surface area contributed by atoms with Gasteiger partial charge in [0.1, 0.15) is 5.82 Å². The molecule has 0 atom stereocenters. The number of aromatic amines is 1. The summed E-state index contributed by atoms with van der Waals surface area (Å²) in [6.45, 7) is 0.533. The lowest BCUT2D eigenvalue weighted by Gasteiger charge is -2.01. The lowest BCUT2D eigenvalue weighted by atomic mass is 10.2. The Hall–Kier alpha value is -1.17. The zero-order valence-corrected chi connectivity index (χ0v) is 13.1. The molecule has 96 valence electrons. The van der Waals surface area contributed by atoms with Crippen LogP contribution < -0.4 is 5.73 Å². The minimum Gasteiger partial charge on any atom is -0.338 e. The van der Waals surface area contributed by atoms with E-state index in [2.05, 4.69) is 41.8 Å². The number of hydrogen-bond acceptors (Lipinski definition) is 2.